The van der Waals surface area contributed by atoms with Crippen molar-refractivity contribution in [2.75, 3.05) is 38.2 Å². The Morgan fingerprint density at radius 2 is 2.20 bits per heavy atom. The van der Waals surface area contributed by atoms with Gasteiger partial charge in [-0.1, -0.05) is 6.07 Å². The lowest BCUT2D eigenvalue weighted by Gasteiger charge is -2.27. The molecule has 0 spiro atoms. The van der Waals surface area contributed by atoms with Crippen LogP contribution in [0, 0.1) is 11.3 Å². The van der Waals surface area contributed by atoms with Gasteiger partial charge in [0.15, 0.2) is 0 Å². The largest absolute Gasteiger partial charge is 0.383 e. The summed E-state index contributed by atoms with van der Waals surface area (Å²) in [6.45, 7) is 3.08. The quantitative estimate of drug-likeness (QED) is 0.912. The molecule has 1 amide bonds. The van der Waals surface area contributed by atoms with Gasteiger partial charge in [0.25, 0.3) is 0 Å². The minimum Gasteiger partial charge on any atom is -0.383 e. The number of morpholine rings is 1. The van der Waals surface area contributed by atoms with Gasteiger partial charge in [0.05, 0.1) is 24.5 Å². The summed E-state index contributed by atoms with van der Waals surface area (Å²) >= 11 is 3.34. The first-order chi connectivity index (χ1) is 9.72. The summed E-state index contributed by atoms with van der Waals surface area (Å²) in [5.41, 5.74) is 1.31. The predicted molar refractivity (Wildman–Crippen MR) is 79.4 cm³/mol. The van der Waals surface area contributed by atoms with Crippen LogP contribution < -0.4 is 5.32 Å². The van der Waals surface area contributed by atoms with Crippen molar-refractivity contribution in [2.24, 2.45) is 0 Å². The van der Waals surface area contributed by atoms with Gasteiger partial charge < -0.3 is 15.0 Å². The van der Waals surface area contributed by atoms with Crippen molar-refractivity contribution < 1.29 is 9.53 Å². The molecule has 1 aliphatic rings. The van der Waals surface area contributed by atoms with E-state index in [9.17, 15) is 4.79 Å². The maximum atomic E-state index is 12.0. The average Bonchev–Trinajstić information content (AvgIpc) is 2.48. The van der Waals surface area contributed by atoms with Crippen molar-refractivity contribution in [2.45, 2.75) is 6.42 Å². The summed E-state index contributed by atoms with van der Waals surface area (Å²) in [5, 5.41) is 12.2. The topological polar surface area (TPSA) is 65.4 Å². The Morgan fingerprint density at radius 1 is 1.45 bits per heavy atom. The van der Waals surface area contributed by atoms with Gasteiger partial charge in [-0.25, -0.2) is 0 Å². The van der Waals surface area contributed by atoms with Crippen LogP contribution in [0.5, 0.6) is 0 Å². The molecule has 0 aliphatic carbocycles. The van der Waals surface area contributed by atoms with Crippen molar-refractivity contribution in [3.8, 4) is 6.07 Å². The fraction of sp³-hybridized carbons (Fsp3) is 0.429. The Kier molecular flexibility index (Phi) is 5.39. The number of hydrogen-bond acceptors (Lipinski definition) is 4. The second kappa shape index (κ2) is 7.27. The molecule has 2 rings (SSSR count). The van der Waals surface area contributed by atoms with Gasteiger partial charge in [0, 0.05) is 30.5 Å². The number of carbonyl (C=O) groups is 1. The lowest BCUT2D eigenvalue weighted by molar-refractivity contribution is -0.134. The standard InChI is InChI=1S/C14H16BrN3O2/c15-12-2-1-3-13(11(12)10-16)17-5-4-14(19)18-6-8-20-9-7-18/h1-3,17H,4-9H2. The third kappa shape index (κ3) is 3.71. The van der Waals surface area contributed by atoms with E-state index in [1.54, 1.807) is 0 Å². The Morgan fingerprint density at radius 3 is 2.90 bits per heavy atom. The third-order valence-corrected chi connectivity index (χ3v) is 3.80. The number of halogens is 1. The van der Waals surface area contributed by atoms with Crippen molar-refractivity contribution in [3.05, 3.63) is 28.2 Å². The SMILES string of the molecule is N#Cc1c(Br)cccc1NCCC(=O)N1CCOCC1. The van der Waals surface area contributed by atoms with E-state index in [1.807, 2.05) is 23.1 Å². The molecule has 0 saturated carbocycles. The third-order valence-electron chi connectivity index (χ3n) is 3.14. The van der Waals surface area contributed by atoms with Gasteiger partial charge in [0.1, 0.15) is 6.07 Å². The summed E-state index contributed by atoms with van der Waals surface area (Å²) in [4.78, 5) is 13.8. The highest BCUT2D eigenvalue weighted by atomic mass is 79.9. The summed E-state index contributed by atoms with van der Waals surface area (Å²) < 4.78 is 5.97. The van der Waals surface area contributed by atoms with Gasteiger partial charge in [-0.05, 0) is 28.1 Å². The average molecular weight is 338 g/mol. The molecule has 0 aromatic heterocycles. The van der Waals surface area contributed by atoms with Crippen LogP contribution in [0.3, 0.4) is 0 Å². The van der Waals surface area contributed by atoms with E-state index in [0.717, 1.165) is 10.2 Å². The van der Waals surface area contributed by atoms with Crippen LogP contribution in [0.1, 0.15) is 12.0 Å². The molecule has 0 unspecified atom stereocenters. The van der Waals surface area contributed by atoms with Crippen LogP contribution in [0.25, 0.3) is 0 Å². The molecular formula is C14H16BrN3O2. The fourth-order valence-corrected chi connectivity index (χ4v) is 2.51. The summed E-state index contributed by atoms with van der Waals surface area (Å²) in [6.07, 6.45) is 0.414. The molecule has 1 saturated heterocycles. The summed E-state index contributed by atoms with van der Waals surface area (Å²) in [6, 6.07) is 7.66. The molecule has 0 bridgehead atoms. The van der Waals surface area contributed by atoms with Crippen molar-refractivity contribution in [1.82, 2.24) is 4.90 Å². The zero-order valence-electron chi connectivity index (χ0n) is 11.1. The molecule has 1 fully saturated rings. The first-order valence-corrected chi connectivity index (χ1v) is 7.29. The minimum absolute atomic E-state index is 0.120. The van der Waals surface area contributed by atoms with E-state index in [-0.39, 0.29) is 5.91 Å². The second-order valence-electron chi connectivity index (χ2n) is 4.44. The molecule has 6 heteroatoms. The summed E-state index contributed by atoms with van der Waals surface area (Å²) in [7, 11) is 0. The van der Waals surface area contributed by atoms with Crippen LogP contribution in [0.15, 0.2) is 22.7 Å². The van der Waals surface area contributed by atoms with E-state index in [0.29, 0.717) is 44.8 Å². The lowest BCUT2D eigenvalue weighted by Crippen LogP contribution is -2.41. The Labute approximate surface area is 126 Å². The van der Waals surface area contributed by atoms with Gasteiger partial charge in [-0.2, -0.15) is 5.26 Å². The van der Waals surface area contributed by atoms with E-state index in [1.165, 1.54) is 0 Å². The fourth-order valence-electron chi connectivity index (χ4n) is 2.06. The van der Waals surface area contributed by atoms with Crippen molar-refractivity contribution in [3.63, 3.8) is 0 Å². The summed E-state index contributed by atoms with van der Waals surface area (Å²) in [5.74, 6) is 0.120. The molecule has 0 radical (unpaired) electrons. The number of nitriles is 1. The molecule has 5 nitrogen and oxygen atoms in total. The number of amides is 1. The number of nitrogens with one attached hydrogen (secondary N) is 1. The molecule has 1 N–H and O–H groups in total. The number of ether oxygens (including phenoxy) is 1. The van der Waals surface area contributed by atoms with Crippen LogP contribution in [0.2, 0.25) is 0 Å². The van der Waals surface area contributed by atoms with Crippen molar-refractivity contribution >= 4 is 27.5 Å². The second-order valence-corrected chi connectivity index (χ2v) is 5.30. The van der Waals surface area contributed by atoms with Crippen molar-refractivity contribution in [1.29, 1.82) is 5.26 Å². The van der Waals surface area contributed by atoms with Gasteiger partial charge in [0.2, 0.25) is 5.91 Å². The van der Waals surface area contributed by atoms with Gasteiger partial charge in [-0.3, -0.25) is 4.79 Å². The molecule has 106 valence electrons. The van der Waals surface area contributed by atoms with Crippen LogP contribution in [0.4, 0.5) is 5.69 Å². The van der Waals surface area contributed by atoms with Crippen LogP contribution in [-0.4, -0.2) is 43.7 Å². The lowest BCUT2D eigenvalue weighted by atomic mass is 10.2. The minimum atomic E-state index is 0.120. The highest BCUT2D eigenvalue weighted by molar-refractivity contribution is 9.10. The maximum absolute atomic E-state index is 12.0. The number of benzene rings is 1. The Hall–Kier alpha value is -1.58. The van der Waals surface area contributed by atoms with E-state index < -0.39 is 0 Å². The predicted octanol–water partition coefficient (Wildman–Crippen LogP) is 1.98. The molecular weight excluding hydrogens is 322 g/mol. The molecule has 20 heavy (non-hydrogen) atoms. The Balaban J connectivity index is 1.85. The highest BCUT2D eigenvalue weighted by Gasteiger charge is 2.16. The normalized spacial score (nSPS) is 14.7. The number of nitrogens with zero attached hydrogens (tertiary/aromatic N) is 2. The van der Waals surface area contributed by atoms with E-state index >= 15 is 0 Å². The first kappa shape index (κ1) is 14.8. The number of carbonyl (C=O) groups excluding carboxylic acids is 1. The zero-order valence-corrected chi connectivity index (χ0v) is 12.6. The molecule has 1 heterocycles. The zero-order chi connectivity index (χ0) is 14.4. The van der Waals surface area contributed by atoms with E-state index in [2.05, 4.69) is 27.3 Å². The number of rotatable bonds is 4. The maximum Gasteiger partial charge on any atom is 0.224 e. The number of hydrogen-bond donors (Lipinski definition) is 1. The smallest absolute Gasteiger partial charge is 0.224 e. The molecule has 1 aromatic carbocycles. The molecule has 1 aliphatic heterocycles. The molecule has 0 atom stereocenters. The van der Waals surface area contributed by atoms with Crippen LogP contribution in [-0.2, 0) is 9.53 Å². The Bertz CT molecular complexity index is 522. The van der Waals surface area contributed by atoms with Crippen LogP contribution >= 0.6 is 15.9 Å². The molecule has 1 aromatic rings. The highest BCUT2D eigenvalue weighted by Crippen LogP contribution is 2.23. The number of anilines is 1. The monoisotopic (exact) mass is 337 g/mol. The van der Waals surface area contributed by atoms with Gasteiger partial charge >= 0.3 is 0 Å². The first-order valence-electron chi connectivity index (χ1n) is 6.50. The van der Waals surface area contributed by atoms with E-state index in [4.69, 9.17) is 10.00 Å². The van der Waals surface area contributed by atoms with Gasteiger partial charge in [-0.15, -0.1) is 0 Å².